The molecule has 0 atom stereocenters. The number of halogens is 1. The van der Waals surface area contributed by atoms with Crippen LogP contribution in [0.2, 0.25) is 0 Å². The number of aromatic nitrogens is 3. The molecular formula is C15H18FN3O2. The predicted octanol–water partition coefficient (Wildman–Crippen LogP) is 2.85. The van der Waals surface area contributed by atoms with E-state index in [9.17, 15) is 9.18 Å². The first-order chi connectivity index (χ1) is 10.1. The fourth-order valence-corrected chi connectivity index (χ4v) is 1.80. The Labute approximate surface area is 122 Å². The van der Waals surface area contributed by atoms with Gasteiger partial charge in [0.05, 0.1) is 11.8 Å². The number of carbonyl (C=O) groups excluding carboxylic acids is 1. The van der Waals surface area contributed by atoms with Crippen LogP contribution in [0.25, 0.3) is 0 Å². The molecule has 0 aliphatic carbocycles. The fourth-order valence-electron chi connectivity index (χ4n) is 1.80. The SMILES string of the molecule is CC(C)CCn1cc(COc2ccc(F)cc2C=O)nn1. The first-order valence-electron chi connectivity index (χ1n) is 6.85. The molecule has 0 bridgehead atoms. The Morgan fingerprint density at radius 2 is 2.24 bits per heavy atom. The van der Waals surface area contributed by atoms with Crippen LogP contribution >= 0.6 is 0 Å². The number of benzene rings is 1. The summed E-state index contributed by atoms with van der Waals surface area (Å²) in [6.45, 7) is 5.29. The van der Waals surface area contributed by atoms with E-state index in [4.69, 9.17) is 4.74 Å². The van der Waals surface area contributed by atoms with Crippen LogP contribution in [0.4, 0.5) is 4.39 Å². The number of hydrogen-bond acceptors (Lipinski definition) is 4. The lowest BCUT2D eigenvalue weighted by Gasteiger charge is -2.06. The van der Waals surface area contributed by atoms with Gasteiger partial charge in [0, 0.05) is 6.54 Å². The molecule has 0 fully saturated rings. The van der Waals surface area contributed by atoms with Gasteiger partial charge in [0.1, 0.15) is 23.9 Å². The molecule has 0 unspecified atom stereocenters. The summed E-state index contributed by atoms with van der Waals surface area (Å²) in [6.07, 6.45) is 3.40. The zero-order valence-electron chi connectivity index (χ0n) is 12.1. The highest BCUT2D eigenvalue weighted by molar-refractivity contribution is 5.79. The summed E-state index contributed by atoms with van der Waals surface area (Å²) in [4.78, 5) is 10.9. The molecule has 1 aromatic heterocycles. The highest BCUT2D eigenvalue weighted by atomic mass is 19.1. The van der Waals surface area contributed by atoms with Crippen molar-refractivity contribution in [2.75, 3.05) is 0 Å². The minimum atomic E-state index is -0.468. The van der Waals surface area contributed by atoms with Gasteiger partial charge in [-0.1, -0.05) is 19.1 Å². The fraction of sp³-hybridized carbons (Fsp3) is 0.400. The predicted molar refractivity (Wildman–Crippen MR) is 75.6 cm³/mol. The van der Waals surface area contributed by atoms with Gasteiger partial charge in [-0.2, -0.15) is 0 Å². The normalized spacial score (nSPS) is 10.9. The van der Waals surface area contributed by atoms with Gasteiger partial charge in [0.25, 0.3) is 0 Å². The average Bonchev–Trinajstić information content (AvgIpc) is 2.91. The molecule has 0 aliphatic heterocycles. The number of aldehydes is 1. The van der Waals surface area contributed by atoms with Gasteiger partial charge < -0.3 is 4.74 Å². The van der Waals surface area contributed by atoms with Crippen molar-refractivity contribution in [3.05, 3.63) is 41.5 Å². The molecule has 1 heterocycles. The third-order valence-electron chi connectivity index (χ3n) is 3.00. The third-order valence-corrected chi connectivity index (χ3v) is 3.00. The number of rotatable bonds is 7. The van der Waals surface area contributed by atoms with E-state index >= 15 is 0 Å². The van der Waals surface area contributed by atoms with E-state index in [1.807, 2.05) is 6.20 Å². The molecule has 0 saturated heterocycles. The molecule has 1 aromatic carbocycles. The van der Waals surface area contributed by atoms with Crippen LogP contribution in [0.3, 0.4) is 0 Å². The van der Waals surface area contributed by atoms with Crippen molar-refractivity contribution >= 4 is 6.29 Å². The lowest BCUT2D eigenvalue weighted by Crippen LogP contribution is -2.02. The van der Waals surface area contributed by atoms with Crippen LogP contribution in [0.15, 0.2) is 24.4 Å². The summed E-state index contributed by atoms with van der Waals surface area (Å²) in [5.41, 5.74) is 0.849. The highest BCUT2D eigenvalue weighted by Crippen LogP contribution is 2.18. The maximum Gasteiger partial charge on any atom is 0.153 e. The number of nitrogens with zero attached hydrogens (tertiary/aromatic N) is 3. The Balaban J connectivity index is 1.95. The van der Waals surface area contributed by atoms with Crippen molar-refractivity contribution in [3.63, 3.8) is 0 Å². The number of ether oxygens (including phenoxy) is 1. The Bertz CT molecular complexity index is 611. The second-order valence-electron chi connectivity index (χ2n) is 5.24. The molecule has 21 heavy (non-hydrogen) atoms. The van der Waals surface area contributed by atoms with Crippen LogP contribution in [-0.4, -0.2) is 21.3 Å². The first kappa shape index (κ1) is 15.2. The quantitative estimate of drug-likeness (QED) is 0.736. The van der Waals surface area contributed by atoms with Gasteiger partial charge in [0.2, 0.25) is 0 Å². The number of carbonyl (C=O) groups is 1. The molecule has 0 N–H and O–H groups in total. The minimum Gasteiger partial charge on any atom is -0.486 e. The van der Waals surface area contributed by atoms with Crippen molar-refractivity contribution in [2.45, 2.75) is 33.4 Å². The second kappa shape index (κ2) is 6.97. The summed E-state index contributed by atoms with van der Waals surface area (Å²) < 4.78 is 20.3. The average molecular weight is 291 g/mol. The smallest absolute Gasteiger partial charge is 0.153 e. The number of aryl methyl sites for hydroxylation is 1. The molecule has 6 heteroatoms. The second-order valence-corrected chi connectivity index (χ2v) is 5.24. The lowest BCUT2D eigenvalue weighted by atomic mass is 10.1. The first-order valence-corrected chi connectivity index (χ1v) is 6.85. The largest absolute Gasteiger partial charge is 0.486 e. The van der Waals surface area contributed by atoms with Gasteiger partial charge in [0.15, 0.2) is 6.29 Å². The minimum absolute atomic E-state index is 0.183. The molecule has 0 radical (unpaired) electrons. The van der Waals surface area contributed by atoms with Crippen molar-refractivity contribution in [2.24, 2.45) is 5.92 Å². The summed E-state index contributed by atoms with van der Waals surface area (Å²) in [5.74, 6) is 0.468. The van der Waals surface area contributed by atoms with Crippen LogP contribution in [0.1, 0.15) is 36.3 Å². The molecule has 5 nitrogen and oxygen atoms in total. The topological polar surface area (TPSA) is 57.0 Å². The van der Waals surface area contributed by atoms with Gasteiger partial charge >= 0.3 is 0 Å². The molecule has 0 amide bonds. The van der Waals surface area contributed by atoms with Gasteiger partial charge in [-0.05, 0) is 30.5 Å². The van der Waals surface area contributed by atoms with E-state index < -0.39 is 5.82 Å². The zero-order valence-corrected chi connectivity index (χ0v) is 12.1. The molecule has 0 spiro atoms. The van der Waals surface area contributed by atoms with E-state index in [0.717, 1.165) is 19.0 Å². The van der Waals surface area contributed by atoms with Crippen molar-refractivity contribution in [1.29, 1.82) is 0 Å². The molecule has 0 aliphatic rings. The monoisotopic (exact) mass is 291 g/mol. The van der Waals surface area contributed by atoms with E-state index in [2.05, 4.69) is 24.2 Å². The Morgan fingerprint density at radius 1 is 1.43 bits per heavy atom. The zero-order chi connectivity index (χ0) is 15.2. The molecule has 0 saturated carbocycles. The van der Waals surface area contributed by atoms with Gasteiger partial charge in [-0.3, -0.25) is 9.48 Å². The van der Waals surface area contributed by atoms with Crippen molar-refractivity contribution in [1.82, 2.24) is 15.0 Å². The molecule has 2 rings (SSSR count). The lowest BCUT2D eigenvalue weighted by molar-refractivity contribution is 0.111. The maximum absolute atomic E-state index is 13.0. The number of hydrogen-bond donors (Lipinski definition) is 0. The van der Waals surface area contributed by atoms with Crippen LogP contribution in [0.5, 0.6) is 5.75 Å². The van der Waals surface area contributed by atoms with E-state index in [0.29, 0.717) is 23.6 Å². The van der Waals surface area contributed by atoms with E-state index in [1.54, 1.807) is 4.68 Å². The summed E-state index contributed by atoms with van der Waals surface area (Å²) in [7, 11) is 0. The standard InChI is InChI=1S/C15H18FN3O2/c1-11(2)5-6-19-8-14(17-18-19)10-21-15-4-3-13(16)7-12(15)9-20/h3-4,7-9,11H,5-6,10H2,1-2H3. The van der Waals surface area contributed by atoms with Gasteiger partial charge in [-0.15, -0.1) is 5.10 Å². The van der Waals surface area contributed by atoms with E-state index in [1.165, 1.54) is 12.1 Å². The maximum atomic E-state index is 13.0. The molecular weight excluding hydrogens is 273 g/mol. The van der Waals surface area contributed by atoms with Crippen LogP contribution in [-0.2, 0) is 13.2 Å². The summed E-state index contributed by atoms with van der Waals surface area (Å²) in [5, 5.41) is 8.02. The van der Waals surface area contributed by atoms with Crippen LogP contribution < -0.4 is 4.74 Å². The Hall–Kier alpha value is -2.24. The van der Waals surface area contributed by atoms with Crippen molar-refractivity contribution < 1.29 is 13.9 Å². The van der Waals surface area contributed by atoms with Crippen LogP contribution in [0, 0.1) is 11.7 Å². The third kappa shape index (κ3) is 4.37. The molecule has 2 aromatic rings. The van der Waals surface area contributed by atoms with Crippen molar-refractivity contribution in [3.8, 4) is 5.75 Å². The van der Waals surface area contributed by atoms with E-state index in [-0.39, 0.29) is 12.2 Å². The van der Waals surface area contributed by atoms with Gasteiger partial charge in [-0.25, -0.2) is 4.39 Å². The highest BCUT2D eigenvalue weighted by Gasteiger charge is 2.07. The Morgan fingerprint density at radius 3 is 2.95 bits per heavy atom. The molecule has 112 valence electrons. The summed E-state index contributed by atoms with van der Waals surface area (Å²) in [6, 6.07) is 3.83. The Kier molecular flexibility index (Phi) is 5.03. The summed E-state index contributed by atoms with van der Waals surface area (Å²) >= 11 is 0.